The second kappa shape index (κ2) is 4.13. The Hall–Kier alpha value is -0.390. The summed E-state index contributed by atoms with van der Waals surface area (Å²) in [6.45, 7) is 7.46. The van der Waals surface area contributed by atoms with Crippen LogP contribution in [0.1, 0.15) is 40.5 Å². The van der Waals surface area contributed by atoms with Gasteiger partial charge < -0.3 is 5.73 Å². The van der Waals surface area contributed by atoms with Crippen LogP contribution in [0.25, 0.3) is 0 Å². The lowest BCUT2D eigenvalue weighted by atomic mass is 9.92. The average molecular weight is 290 g/mol. The lowest BCUT2D eigenvalue weighted by molar-refractivity contribution is -0.239. The SMILES string of the molecule is CC1(C)C(Br)=C(CCC(N)=O)C(C)(C)N1[O]. The molecule has 0 aromatic rings. The zero-order valence-corrected chi connectivity index (χ0v) is 11.7. The Morgan fingerprint density at radius 3 is 2.12 bits per heavy atom. The molecule has 1 aliphatic heterocycles. The number of carbonyl (C=O) groups is 1. The van der Waals surface area contributed by atoms with Crippen LogP contribution in [0, 0.1) is 0 Å². The van der Waals surface area contributed by atoms with Crippen molar-refractivity contribution in [2.24, 2.45) is 5.73 Å². The molecular formula is C11H18BrN2O2. The van der Waals surface area contributed by atoms with E-state index in [4.69, 9.17) is 5.73 Å². The number of hydrogen-bond acceptors (Lipinski definition) is 2. The molecule has 16 heavy (non-hydrogen) atoms. The molecule has 2 N–H and O–H groups in total. The first-order chi connectivity index (χ1) is 7.11. The van der Waals surface area contributed by atoms with E-state index in [-0.39, 0.29) is 12.3 Å². The largest absolute Gasteiger partial charge is 0.370 e. The molecule has 0 atom stereocenters. The predicted molar refractivity (Wildman–Crippen MR) is 65.1 cm³/mol. The molecule has 0 unspecified atom stereocenters. The third-order valence-electron chi connectivity index (χ3n) is 3.18. The second-order valence-electron chi connectivity index (χ2n) is 5.17. The number of halogens is 1. The van der Waals surface area contributed by atoms with Crippen molar-refractivity contribution in [1.29, 1.82) is 0 Å². The highest BCUT2D eigenvalue weighted by molar-refractivity contribution is 9.11. The molecule has 0 saturated heterocycles. The van der Waals surface area contributed by atoms with Crippen molar-refractivity contribution in [3.05, 3.63) is 10.1 Å². The zero-order chi connectivity index (χ0) is 12.7. The highest BCUT2D eigenvalue weighted by Crippen LogP contribution is 2.48. The molecule has 5 heteroatoms. The molecule has 0 saturated carbocycles. The van der Waals surface area contributed by atoms with E-state index in [2.05, 4.69) is 15.9 Å². The summed E-state index contributed by atoms with van der Waals surface area (Å²) in [4.78, 5) is 10.8. The van der Waals surface area contributed by atoms with Crippen molar-refractivity contribution in [2.45, 2.75) is 51.6 Å². The van der Waals surface area contributed by atoms with Crippen molar-refractivity contribution in [2.75, 3.05) is 0 Å². The molecule has 0 aliphatic carbocycles. The molecule has 0 spiro atoms. The summed E-state index contributed by atoms with van der Waals surface area (Å²) < 4.78 is 0.876. The van der Waals surface area contributed by atoms with Gasteiger partial charge in [-0.2, -0.15) is 0 Å². The van der Waals surface area contributed by atoms with E-state index < -0.39 is 11.1 Å². The van der Waals surface area contributed by atoms with E-state index in [9.17, 15) is 10.0 Å². The fraction of sp³-hybridized carbons (Fsp3) is 0.727. The van der Waals surface area contributed by atoms with E-state index in [0.29, 0.717) is 6.42 Å². The average Bonchev–Trinajstić information content (AvgIpc) is 2.24. The summed E-state index contributed by atoms with van der Waals surface area (Å²) in [5.74, 6) is -0.342. The number of amides is 1. The fourth-order valence-electron chi connectivity index (χ4n) is 2.21. The Kier molecular flexibility index (Phi) is 3.53. The van der Waals surface area contributed by atoms with E-state index in [1.807, 2.05) is 27.7 Å². The van der Waals surface area contributed by atoms with Gasteiger partial charge in [0.05, 0.1) is 11.1 Å². The van der Waals surface area contributed by atoms with Gasteiger partial charge in [-0.3, -0.25) is 4.79 Å². The van der Waals surface area contributed by atoms with Crippen LogP contribution in [0.4, 0.5) is 0 Å². The second-order valence-corrected chi connectivity index (χ2v) is 5.96. The van der Waals surface area contributed by atoms with Gasteiger partial charge >= 0.3 is 0 Å². The maximum Gasteiger partial charge on any atom is 0.217 e. The summed E-state index contributed by atoms with van der Waals surface area (Å²) in [6, 6.07) is 0. The minimum absolute atomic E-state index is 0.276. The minimum atomic E-state index is -0.586. The van der Waals surface area contributed by atoms with E-state index in [0.717, 1.165) is 15.1 Å². The standard InChI is InChI=1S/C11H18BrN2O2/c1-10(2)7(5-6-8(13)15)9(12)11(3,4)14(10)16/h5-6H2,1-4H3,(H2,13,15). The quantitative estimate of drug-likeness (QED) is 0.865. The van der Waals surface area contributed by atoms with Gasteiger partial charge in [0, 0.05) is 10.9 Å². The van der Waals surface area contributed by atoms with E-state index in [1.54, 1.807) is 0 Å². The van der Waals surface area contributed by atoms with Gasteiger partial charge in [-0.25, -0.2) is 0 Å². The van der Waals surface area contributed by atoms with Gasteiger partial charge in [0.15, 0.2) is 0 Å². The smallest absolute Gasteiger partial charge is 0.217 e. The van der Waals surface area contributed by atoms with Gasteiger partial charge in [-0.05, 0) is 39.7 Å². The first-order valence-corrected chi connectivity index (χ1v) is 6.06. The Morgan fingerprint density at radius 2 is 1.81 bits per heavy atom. The third-order valence-corrected chi connectivity index (χ3v) is 4.63. The van der Waals surface area contributed by atoms with Crippen LogP contribution in [0.5, 0.6) is 0 Å². The van der Waals surface area contributed by atoms with Crippen molar-refractivity contribution in [1.82, 2.24) is 5.06 Å². The van der Waals surface area contributed by atoms with E-state index in [1.165, 1.54) is 0 Å². The molecule has 0 aromatic carbocycles. The number of rotatable bonds is 3. The molecule has 4 nitrogen and oxygen atoms in total. The molecule has 1 rings (SSSR count). The molecule has 0 bridgehead atoms. The van der Waals surface area contributed by atoms with Crippen molar-refractivity contribution >= 4 is 21.8 Å². The fourth-order valence-corrected chi connectivity index (χ4v) is 3.06. The lowest BCUT2D eigenvalue weighted by Crippen LogP contribution is -2.47. The summed E-state index contributed by atoms with van der Waals surface area (Å²) in [7, 11) is 0. The van der Waals surface area contributed by atoms with Crippen LogP contribution in [0.2, 0.25) is 0 Å². The Morgan fingerprint density at radius 1 is 1.31 bits per heavy atom. The molecular weight excluding hydrogens is 272 g/mol. The maximum atomic E-state index is 12.1. The number of primary amides is 1. The molecule has 0 aromatic heterocycles. The maximum absolute atomic E-state index is 12.1. The minimum Gasteiger partial charge on any atom is -0.370 e. The molecule has 1 amide bonds. The molecule has 1 aliphatic rings. The normalized spacial score (nSPS) is 23.9. The first kappa shape index (κ1) is 13.7. The van der Waals surface area contributed by atoms with Gasteiger partial charge in [-0.15, -0.1) is 10.3 Å². The highest BCUT2D eigenvalue weighted by Gasteiger charge is 2.50. The topological polar surface area (TPSA) is 66.2 Å². The number of nitrogens with zero attached hydrogens (tertiary/aromatic N) is 1. The van der Waals surface area contributed by atoms with Crippen LogP contribution in [0.3, 0.4) is 0 Å². The first-order valence-electron chi connectivity index (χ1n) is 5.27. The number of carbonyl (C=O) groups excluding carboxylic acids is 1. The highest BCUT2D eigenvalue weighted by atomic mass is 79.9. The zero-order valence-electron chi connectivity index (χ0n) is 10.1. The van der Waals surface area contributed by atoms with Gasteiger partial charge in [0.25, 0.3) is 0 Å². The van der Waals surface area contributed by atoms with Crippen LogP contribution < -0.4 is 5.73 Å². The Labute approximate surface area is 105 Å². The molecule has 1 heterocycles. The van der Waals surface area contributed by atoms with Crippen LogP contribution in [-0.2, 0) is 10.0 Å². The van der Waals surface area contributed by atoms with Crippen LogP contribution >= 0.6 is 15.9 Å². The summed E-state index contributed by atoms with van der Waals surface area (Å²) in [5, 5.41) is 13.2. The molecule has 1 radical (unpaired) electrons. The summed E-state index contributed by atoms with van der Waals surface area (Å²) >= 11 is 3.48. The van der Waals surface area contributed by atoms with Gasteiger partial charge in [0.2, 0.25) is 5.91 Å². The van der Waals surface area contributed by atoms with Crippen molar-refractivity contribution in [3.8, 4) is 0 Å². The van der Waals surface area contributed by atoms with Crippen molar-refractivity contribution < 1.29 is 10.0 Å². The Balaban J connectivity index is 3.04. The number of hydroxylamine groups is 2. The Bertz CT molecular complexity index is 348. The van der Waals surface area contributed by atoms with Gasteiger partial charge in [0.1, 0.15) is 0 Å². The summed E-state index contributed by atoms with van der Waals surface area (Å²) in [6.07, 6.45) is 0.808. The van der Waals surface area contributed by atoms with E-state index >= 15 is 0 Å². The monoisotopic (exact) mass is 289 g/mol. The van der Waals surface area contributed by atoms with Crippen LogP contribution in [-0.4, -0.2) is 22.0 Å². The van der Waals surface area contributed by atoms with Gasteiger partial charge in [-0.1, -0.05) is 15.9 Å². The van der Waals surface area contributed by atoms with Crippen molar-refractivity contribution in [3.63, 3.8) is 0 Å². The van der Waals surface area contributed by atoms with Crippen LogP contribution in [0.15, 0.2) is 10.1 Å². The number of hydrogen-bond donors (Lipinski definition) is 1. The third kappa shape index (κ3) is 2.04. The lowest BCUT2D eigenvalue weighted by Gasteiger charge is -2.34. The molecule has 91 valence electrons. The predicted octanol–water partition coefficient (Wildman–Crippen LogP) is 2.12. The molecule has 0 fully saturated rings. The summed E-state index contributed by atoms with van der Waals surface area (Å²) in [5.41, 5.74) is 4.94. The number of nitrogens with two attached hydrogens (primary N) is 1.